The Morgan fingerprint density at radius 2 is 1.82 bits per heavy atom. The normalized spacial score (nSPS) is 10.3. The van der Waals surface area contributed by atoms with Crippen molar-refractivity contribution in [2.24, 2.45) is 0 Å². The zero-order valence-corrected chi connectivity index (χ0v) is 10.2. The average Bonchev–Trinajstić information content (AvgIpc) is 2.30. The minimum absolute atomic E-state index is 0.256. The first-order valence-corrected chi connectivity index (χ1v) is 5.59. The van der Waals surface area contributed by atoms with Gasteiger partial charge >= 0.3 is 0 Å². The van der Waals surface area contributed by atoms with Crippen LogP contribution in [0.25, 0.3) is 0 Å². The number of para-hydroxylation sites is 1. The van der Waals surface area contributed by atoms with Gasteiger partial charge in [-0.1, -0.05) is 29.3 Å². The zero-order chi connectivity index (χ0) is 12.4. The Kier molecular flexibility index (Phi) is 3.41. The molecule has 0 aliphatic rings. The molecule has 0 unspecified atom stereocenters. The molecule has 88 valence electrons. The number of nitrogens with one attached hydrogen (secondary N) is 1. The summed E-state index contributed by atoms with van der Waals surface area (Å²) in [6, 6.07) is 9.34. The van der Waals surface area contributed by atoms with Gasteiger partial charge in [0.05, 0.1) is 22.1 Å². The van der Waals surface area contributed by atoms with E-state index in [4.69, 9.17) is 28.9 Å². The van der Waals surface area contributed by atoms with E-state index in [1.807, 2.05) is 0 Å². The second-order valence-corrected chi connectivity index (χ2v) is 4.29. The highest BCUT2D eigenvalue weighted by Gasteiger charge is 2.07. The van der Waals surface area contributed by atoms with E-state index in [2.05, 4.69) is 5.32 Å². The lowest BCUT2D eigenvalue weighted by Crippen LogP contribution is -1.98. The molecule has 0 spiro atoms. The number of anilines is 3. The molecule has 0 aliphatic carbocycles. The van der Waals surface area contributed by atoms with E-state index in [-0.39, 0.29) is 5.69 Å². The van der Waals surface area contributed by atoms with Crippen molar-refractivity contribution in [3.05, 3.63) is 52.3 Å². The van der Waals surface area contributed by atoms with Crippen LogP contribution in [-0.2, 0) is 0 Å². The summed E-state index contributed by atoms with van der Waals surface area (Å²) in [5, 5.41) is 3.71. The average molecular weight is 271 g/mol. The molecule has 0 atom stereocenters. The summed E-state index contributed by atoms with van der Waals surface area (Å²) in [5.74, 6) is -0.409. The summed E-state index contributed by atoms with van der Waals surface area (Å²) >= 11 is 11.7. The summed E-state index contributed by atoms with van der Waals surface area (Å²) in [5.41, 5.74) is 6.93. The van der Waals surface area contributed by atoms with E-state index in [0.29, 0.717) is 21.4 Å². The summed E-state index contributed by atoms with van der Waals surface area (Å²) in [4.78, 5) is 0. The molecule has 0 saturated carbocycles. The SMILES string of the molecule is Nc1c(Cl)cccc1Nc1cc(Cl)ccc1F. The first-order chi connectivity index (χ1) is 8.08. The molecule has 0 saturated heterocycles. The summed E-state index contributed by atoms with van der Waals surface area (Å²) in [6.07, 6.45) is 0. The Morgan fingerprint density at radius 3 is 2.59 bits per heavy atom. The molecule has 17 heavy (non-hydrogen) atoms. The Hall–Kier alpha value is -1.45. The lowest BCUT2D eigenvalue weighted by Gasteiger charge is -2.11. The Balaban J connectivity index is 2.38. The molecule has 0 amide bonds. The maximum atomic E-state index is 13.5. The Labute approximate surface area is 108 Å². The summed E-state index contributed by atoms with van der Waals surface area (Å²) in [6.45, 7) is 0. The van der Waals surface area contributed by atoms with Gasteiger partial charge < -0.3 is 11.1 Å². The highest BCUT2D eigenvalue weighted by molar-refractivity contribution is 6.33. The third kappa shape index (κ3) is 2.62. The first kappa shape index (κ1) is 12.0. The zero-order valence-electron chi connectivity index (χ0n) is 8.68. The summed E-state index contributed by atoms with van der Waals surface area (Å²) in [7, 11) is 0. The van der Waals surface area contributed by atoms with Crippen molar-refractivity contribution in [1.29, 1.82) is 0 Å². The number of nitrogens with two attached hydrogens (primary N) is 1. The first-order valence-electron chi connectivity index (χ1n) is 4.84. The van der Waals surface area contributed by atoms with Crippen LogP contribution >= 0.6 is 23.2 Å². The molecule has 0 heterocycles. The van der Waals surface area contributed by atoms with Crippen molar-refractivity contribution in [3.63, 3.8) is 0 Å². The van der Waals surface area contributed by atoms with Gasteiger partial charge in [0.1, 0.15) is 5.82 Å². The van der Waals surface area contributed by atoms with Gasteiger partial charge in [0.15, 0.2) is 0 Å². The van der Waals surface area contributed by atoms with E-state index < -0.39 is 5.82 Å². The Bertz CT molecular complexity index is 558. The molecule has 0 fully saturated rings. The van der Waals surface area contributed by atoms with E-state index in [1.165, 1.54) is 18.2 Å². The van der Waals surface area contributed by atoms with Crippen molar-refractivity contribution in [3.8, 4) is 0 Å². The molecule has 5 heteroatoms. The Morgan fingerprint density at radius 1 is 1.06 bits per heavy atom. The number of hydrogen-bond acceptors (Lipinski definition) is 2. The molecule has 3 N–H and O–H groups in total. The predicted molar refractivity (Wildman–Crippen MR) is 70.6 cm³/mol. The quantitative estimate of drug-likeness (QED) is 0.791. The fourth-order valence-electron chi connectivity index (χ4n) is 1.38. The van der Waals surface area contributed by atoms with Crippen LogP contribution in [-0.4, -0.2) is 0 Å². The molecule has 2 nitrogen and oxygen atoms in total. The van der Waals surface area contributed by atoms with Gasteiger partial charge in [-0.3, -0.25) is 0 Å². The smallest absolute Gasteiger partial charge is 0.146 e. The topological polar surface area (TPSA) is 38.0 Å². The number of nitrogen functional groups attached to an aromatic ring is 1. The van der Waals surface area contributed by atoms with Gasteiger partial charge in [-0.2, -0.15) is 0 Å². The third-order valence-electron chi connectivity index (χ3n) is 2.25. The maximum Gasteiger partial charge on any atom is 0.146 e. The van der Waals surface area contributed by atoms with Gasteiger partial charge in [-0.05, 0) is 30.3 Å². The van der Waals surface area contributed by atoms with Gasteiger partial charge in [0.2, 0.25) is 0 Å². The number of rotatable bonds is 2. The molecular weight excluding hydrogens is 262 g/mol. The largest absolute Gasteiger partial charge is 0.396 e. The van der Waals surface area contributed by atoms with Crippen LogP contribution in [0.1, 0.15) is 0 Å². The molecule has 0 aliphatic heterocycles. The van der Waals surface area contributed by atoms with E-state index in [9.17, 15) is 4.39 Å². The van der Waals surface area contributed by atoms with Gasteiger partial charge in [-0.15, -0.1) is 0 Å². The minimum Gasteiger partial charge on any atom is -0.396 e. The number of halogens is 3. The highest BCUT2D eigenvalue weighted by Crippen LogP contribution is 2.31. The number of hydrogen-bond donors (Lipinski definition) is 2. The molecular formula is C12H9Cl2FN2. The van der Waals surface area contributed by atoms with Gasteiger partial charge in [0, 0.05) is 5.02 Å². The maximum absolute atomic E-state index is 13.5. The minimum atomic E-state index is -0.409. The standard InChI is InChI=1S/C12H9Cl2FN2/c13-7-4-5-9(15)11(6-7)17-10-3-1-2-8(14)12(10)16/h1-6,17H,16H2. The lowest BCUT2D eigenvalue weighted by molar-refractivity contribution is 0.632. The van der Waals surface area contributed by atoms with Crippen LogP contribution < -0.4 is 11.1 Å². The van der Waals surface area contributed by atoms with Crippen molar-refractivity contribution >= 4 is 40.3 Å². The molecule has 2 rings (SSSR count). The molecule has 2 aromatic carbocycles. The molecule has 0 aromatic heterocycles. The van der Waals surface area contributed by atoms with Crippen LogP contribution in [0.3, 0.4) is 0 Å². The second-order valence-electron chi connectivity index (χ2n) is 3.45. The second kappa shape index (κ2) is 4.82. The van der Waals surface area contributed by atoms with E-state index in [1.54, 1.807) is 18.2 Å². The van der Waals surface area contributed by atoms with Crippen LogP contribution in [0.2, 0.25) is 10.0 Å². The van der Waals surface area contributed by atoms with Crippen molar-refractivity contribution in [2.75, 3.05) is 11.1 Å². The molecule has 0 bridgehead atoms. The number of benzene rings is 2. The molecule has 0 radical (unpaired) electrons. The monoisotopic (exact) mass is 270 g/mol. The fourth-order valence-corrected chi connectivity index (χ4v) is 1.73. The van der Waals surface area contributed by atoms with Crippen LogP contribution in [0.5, 0.6) is 0 Å². The fraction of sp³-hybridized carbons (Fsp3) is 0. The van der Waals surface area contributed by atoms with Crippen LogP contribution in [0.15, 0.2) is 36.4 Å². The summed E-state index contributed by atoms with van der Waals surface area (Å²) < 4.78 is 13.5. The molecule has 2 aromatic rings. The lowest BCUT2D eigenvalue weighted by atomic mass is 10.2. The van der Waals surface area contributed by atoms with Crippen LogP contribution in [0.4, 0.5) is 21.5 Å². The van der Waals surface area contributed by atoms with E-state index in [0.717, 1.165) is 0 Å². The van der Waals surface area contributed by atoms with Gasteiger partial charge in [0.25, 0.3) is 0 Å². The van der Waals surface area contributed by atoms with Crippen molar-refractivity contribution in [2.45, 2.75) is 0 Å². The van der Waals surface area contributed by atoms with Crippen molar-refractivity contribution < 1.29 is 4.39 Å². The van der Waals surface area contributed by atoms with E-state index >= 15 is 0 Å². The van der Waals surface area contributed by atoms with Gasteiger partial charge in [-0.25, -0.2) is 4.39 Å². The van der Waals surface area contributed by atoms with Crippen molar-refractivity contribution in [1.82, 2.24) is 0 Å². The van der Waals surface area contributed by atoms with Crippen LogP contribution in [0, 0.1) is 5.82 Å². The predicted octanol–water partition coefficient (Wildman–Crippen LogP) is 4.46. The highest BCUT2D eigenvalue weighted by atomic mass is 35.5. The third-order valence-corrected chi connectivity index (χ3v) is 2.82.